The minimum Gasteiger partial charge on any atom is -0.545 e. The second-order valence-electron chi connectivity index (χ2n) is 31.2. The van der Waals surface area contributed by atoms with Crippen LogP contribution in [0, 0.1) is 0 Å². The zero-order chi connectivity index (χ0) is 72.5. The highest BCUT2D eigenvalue weighted by atomic mass is 16.7. The first kappa shape index (κ1) is 97.0. The van der Waals surface area contributed by atoms with Crippen molar-refractivity contribution >= 4 is 17.9 Å². The number of esters is 2. The molecule has 0 bridgehead atoms. The third-order valence-corrected chi connectivity index (χ3v) is 20.0. The molecule has 2 atom stereocenters. The van der Waals surface area contributed by atoms with Crippen LogP contribution in [0.1, 0.15) is 444 Å². The van der Waals surface area contributed by atoms with E-state index in [4.69, 9.17) is 18.9 Å². The van der Waals surface area contributed by atoms with Crippen molar-refractivity contribution in [3.05, 3.63) is 60.8 Å². The molecule has 0 N–H and O–H groups in total. The Morgan fingerprint density at radius 2 is 0.570 bits per heavy atom. The molecule has 586 valence electrons. The van der Waals surface area contributed by atoms with Crippen LogP contribution in [-0.4, -0.2) is 82.3 Å². The summed E-state index contributed by atoms with van der Waals surface area (Å²) in [6.45, 7) is 4.72. The lowest BCUT2D eigenvalue weighted by Gasteiger charge is -2.26. The first-order valence-electron chi connectivity index (χ1n) is 43.9. The maximum atomic E-state index is 13.0. The van der Waals surface area contributed by atoms with Crippen LogP contribution < -0.4 is 5.11 Å². The maximum Gasteiger partial charge on any atom is 0.306 e. The van der Waals surface area contributed by atoms with Gasteiger partial charge in [-0.25, -0.2) is 0 Å². The largest absolute Gasteiger partial charge is 0.545 e. The van der Waals surface area contributed by atoms with Crippen molar-refractivity contribution < 1.29 is 42.9 Å². The predicted octanol–water partition coefficient (Wildman–Crippen LogP) is 27.2. The summed E-state index contributed by atoms with van der Waals surface area (Å²) in [5, 5.41) is 11.9. The summed E-state index contributed by atoms with van der Waals surface area (Å²) in [5.74, 6) is -2.25. The van der Waals surface area contributed by atoms with E-state index in [-0.39, 0.29) is 32.2 Å². The number of hydrogen-bond donors (Lipinski definition) is 0. The standard InChI is InChI=1S/C91H169NO8/c1-6-8-10-12-14-16-18-20-22-24-26-28-30-32-34-36-38-40-42-44-45-46-48-50-52-54-56-58-60-62-64-66-68-70-72-74-76-78-80-82-89(94)100-87(86-99-91(90(95)96)97-84-83-92(3,4)5)85-98-88(93)81-79-77-75-73-71-69-67-65-63-61-59-57-55-53-51-49-47-43-41-39-37-35-33-31-29-27-25-23-21-19-17-15-13-11-9-7-2/h8,10,14,16,20,22,26,28,32,34,87,91H,6-7,9,11-13,15,17-19,21,23-25,27,29-31,33,35-86H2,1-5H3/b10-8-,16-14-,22-20-,28-26-,34-32-. The van der Waals surface area contributed by atoms with Crippen molar-refractivity contribution in [1.82, 2.24) is 0 Å². The van der Waals surface area contributed by atoms with E-state index in [0.29, 0.717) is 17.4 Å². The van der Waals surface area contributed by atoms with Gasteiger partial charge in [0.1, 0.15) is 13.2 Å². The fourth-order valence-corrected chi connectivity index (χ4v) is 13.4. The number of likely N-dealkylation sites (N-methyl/N-ethyl adjacent to an activating group) is 1. The van der Waals surface area contributed by atoms with E-state index < -0.39 is 24.3 Å². The van der Waals surface area contributed by atoms with Crippen molar-refractivity contribution in [2.45, 2.75) is 456 Å². The molecule has 0 aromatic rings. The highest BCUT2D eigenvalue weighted by Crippen LogP contribution is 2.21. The molecule has 0 saturated carbocycles. The molecule has 0 heterocycles. The maximum absolute atomic E-state index is 13.0. The van der Waals surface area contributed by atoms with E-state index in [9.17, 15) is 19.5 Å². The van der Waals surface area contributed by atoms with Gasteiger partial charge in [0.25, 0.3) is 0 Å². The number of rotatable bonds is 83. The van der Waals surface area contributed by atoms with Crippen LogP contribution in [-0.2, 0) is 33.3 Å². The van der Waals surface area contributed by atoms with Crippen molar-refractivity contribution in [3.8, 4) is 0 Å². The molecule has 9 nitrogen and oxygen atoms in total. The summed E-state index contributed by atoms with van der Waals surface area (Å²) < 4.78 is 22.9. The lowest BCUT2D eigenvalue weighted by molar-refractivity contribution is -0.870. The number of carbonyl (C=O) groups is 3. The molecule has 0 rings (SSSR count). The topological polar surface area (TPSA) is 111 Å². The Bertz CT molecular complexity index is 1830. The number of carboxylic acids is 1. The Morgan fingerprint density at radius 3 is 0.850 bits per heavy atom. The SMILES string of the molecule is CC/C=C\C/C=C\C/C=C\C/C=C\C/C=C\CCCCCCCCCCCCCCCCCCCCCCCCCC(=O)OC(COC(=O)CCCCCCCCCCCCCCCCCCCCCCCCCCCCCCCCCCCCCC)COC(OCC[N+](C)(C)C)C(=O)[O-]. The molecule has 0 aromatic carbocycles. The van der Waals surface area contributed by atoms with E-state index in [2.05, 4.69) is 74.6 Å². The van der Waals surface area contributed by atoms with Crippen LogP contribution in [0.25, 0.3) is 0 Å². The monoisotopic (exact) mass is 1400 g/mol. The minimum atomic E-state index is -1.62. The van der Waals surface area contributed by atoms with Crippen molar-refractivity contribution in [2.75, 3.05) is 47.5 Å². The summed E-state index contributed by atoms with van der Waals surface area (Å²) in [5.41, 5.74) is 0. The van der Waals surface area contributed by atoms with Gasteiger partial charge in [0.05, 0.1) is 40.3 Å². The fraction of sp³-hybridized carbons (Fsp3) is 0.857. The van der Waals surface area contributed by atoms with Gasteiger partial charge in [-0.2, -0.15) is 0 Å². The Balaban J connectivity index is 3.91. The van der Waals surface area contributed by atoms with Crippen LogP contribution in [0.3, 0.4) is 0 Å². The fourth-order valence-electron chi connectivity index (χ4n) is 13.4. The van der Waals surface area contributed by atoms with Gasteiger partial charge in [0.2, 0.25) is 0 Å². The average molecular weight is 1410 g/mol. The number of carbonyl (C=O) groups excluding carboxylic acids is 3. The lowest BCUT2D eigenvalue weighted by atomic mass is 10.0. The molecule has 0 aliphatic carbocycles. The van der Waals surface area contributed by atoms with Gasteiger partial charge in [0.15, 0.2) is 12.4 Å². The van der Waals surface area contributed by atoms with E-state index >= 15 is 0 Å². The third kappa shape index (κ3) is 82.3. The summed E-state index contributed by atoms with van der Waals surface area (Å²) in [6.07, 6.45) is 107. The number of hydrogen-bond acceptors (Lipinski definition) is 8. The Hall–Kier alpha value is -3.01. The van der Waals surface area contributed by atoms with Crippen LogP contribution in [0.15, 0.2) is 60.8 Å². The molecule has 0 saturated heterocycles. The highest BCUT2D eigenvalue weighted by Gasteiger charge is 2.22. The van der Waals surface area contributed by atoms with E-state index in [1.54, 1.807) is 0 Å². The molecule has 2 unspecified atom stereocenters. The molecule has 100 heavy (non-hydrogen) atoms. The average Bonchev–Trinajstić information content (AvgIpc) is 1.08. The highest BCUT2D eigenvalue weighted by molar-refractivity contribution is 5.70. The summed E-state index contributed by atoms with van der Waals surface area (Å²) in [6, 6.07) is 0. The molecule has 0 fully saturated rings. The second kappa shape index (κ2) is 81.7. The van der Waals surface area contributed by atoms with Gasteiger partial charge in [-0.3, -0.25) is 9.59 Å². The smallest absolute Gasteiger partial charge is 0.306 e. The van der Waals surface area contributed by atoms with E-state index in [1.807, 2.05) is 21.1 Å². The normalized spacial score (nSPS) is 12.8. The van der Waals surface area contributed by atoms with Gasteiger partial charge in [-0.05, 0) is 57.8 Å². The number of allylic oxidation sites excluding steroid dienone is 10. The zero-order valence-electron chi connectivity index (χ0n) is 67.3. The van der Waals surface area contributed by atoms with Gasteiger partial charge in [0, 0.05) is 12.8 Å². The number of aliphatic carboxylic acids is 1. The number of nitrogens with zero attached hydrogens (tertiary/aromatic N) is 1. The Kier molecular flexibility index (Phi) is 79.2. The molecule has 0 radical (unpaired) electrons. The van der Waals surface area contributed by atoms with Crippen LogP contribution >= 0.6 is 0 Å². The minimum absolute atomic E-state index is 0.151. The van der Waals surface area contributed by atoms with Gasteiger partial charge in [-0.15, -0.1) is 0 Å². The molecule has 0 aliphatic heterocycles. The molecular formula is C91H169NO8. The number of ether oxygens (including phenoxy) is 4. The predicted molar refractivity (Wildman–Crippen MR) is 431 cm³/mol. The quantitative estimate of drug-likeness (QED) is 0.0195. The molecule has 0 spiro atoms. The van der Waals surface area contributed by atoms with Crippen LogP contribution in [0.2, 0.25) is 0 Å². The number of unbranched alkanes of at least 4 members (excludes halogenated alkanes) is 58. The molecule has 9 heteroatoms. The van der Waals surface area contributed by atoms with Crippen molar-refractivity contribution in [3.63, 3.8) is 0 Å². The molecule has 0 amide bonds. The Labute approximate surface area is 622 Å². The third-order valence-electron chi connectivity index (χ3n) is 20.0. The summed E-state index contributed by atoms with van der Waals surface area (Å²) in [7, 11) is 5.96. The van der Waals surface area contributed by atoms with Gasteiger partial charge < -0.3 is 33.3 Å². The van der Waals surface area contributed by atoms with Gasteiger partial charge >= 0.3 is 11.9 Å². The molecular weight excluding hydrogens is 1230 g/mol. The van der Waals surface area contributed by atoms with Crippen molar-refractivity contribution in [1.29, 1.82) is 0 Å². The lowest BCUT2D eigenvalue weighted by Crippen LogP contribution is -2.44. The summed E-state index contributed by atoms with van der Waals surface area (Å²) >= 11 is 0. The number of carboxylic acid groups (broad SMARTS) is 1. The van der Waals surface area contributed by atoms with E-state index in [0.717, 1.165) is 70.6 Å². The first-order valence-corrected chi connectivity index (χ1v) is 43.9. The zero-order valence-corrected chi connectivity index (χ0v) is 67.3. The van der Waals surface area contributed by atoms with Crippen molar-refractivity contribution in [2.24, 2.45) is 0 Å². The second-order valence-corrected chi connectivity index (χ2v) is 31.2. The summed E-state index contributed by atoms with van der Waals surface area (Å²) in [4.78, 5) is 37.7. The van der Waals surface area contributed by atoms with Crippen LogP contribution in [0.4, 0.5) is 0 Å². The van der Waals surface area contributed by atoms with Crippen LogP contribution in [0.5, 0.6) is 0 Å². The number of quaternary nitrogens is 1. The molecule has 0 aliphatic rings. The Morgan fingerprint density at radius 1 is 0.310 bits per heavy atom. The van der Waals surface area contributed by atoms with E-state index in [1.165, 1.54) is 347 Å². The molecule has 0 aromatic heterocycles. The first-order chi connectivity index (χ1) is 49.1. The van der Waals surface area contributed by atoms with Gasteiger partial charge in [-0.1, -0.05) is 434 Å².